The highest BCUT2D eigenvalue weighted by molar-refractivity contribution is 7.98. The number of carbonyl (C=O) groups excluding carboxylic acids is 2. The summed E-state index contributed by atoms with van der Waals surface area (Å²) in [6.07, 6.45) is 5.09. The first-order valence-electron chi connectivity index (χ1n) is 11.8. The number of thiazole rings is 1. The van der Waals surface area contributed by atoms with Crippen molar-refractivity contribution in [2.75, 3.05) is 6.26 Å². The fraction of sp³-hybridized carbons (Fsp3) is 0.360. The Morgan fingerprint density at radius 2 is 2.03 bits per heavy atom. The number of fused-ring (bicyclic) bond motifs is 2. The number of amides is 1. The van der Waals surface area contributed by atoms with Crippen LogP contribution in [0.3, 0.4) is 0 Å². The molecule has 2 aliphatic heterocycles. The number of carbonyl (C=O) groups is 2. The molecular weight excluding hydrogens is 531 g/mol. The number of rotatable bonds is 8. The Hall–Kier alpha value is -2.93. The van der Waals surface area contributed by atoms with Crippen LogP contribution < -0.4 is 20.7 Å². The lowest BCUT2D eigenvalue weighted by molar-refractivity contribution is -0.721. The number of benzene rings is 1. The summed E-state index contributed by atoms with van der Waals surface area (Å²) in [5, 5.41) is 26.5. The quantitative estimate of drug-likeness (QED) is 0.160. The Balaban J connectivity index is 1.45. The number of imidazole rings is 1. The number of nitrogens with two attached hydrogens (primary N) is 1. The van der Waals surface area contributed by atoms with Gasteiger partial charge < -0.3 is 31.0 Å². The number of thioether (sulfide) groups is 1. The number of aliphatic hydroxyl groups is 1. The molecule has 9 nitrogen and oxygen atoms in total. The highest BCUT2D eigenvalue weighted by atomic mass is 32.2. The molecule has 4 atom stereocenters. The second-order valence-electron chi connectivity index (χ2n) is 9.40. The number of aliphatic carboxylic acids is 1. The fourth-order valence-corrected chi connectivity index (χ4v) is 7.66. The van der Waals surface area contributed by atoms with Crippen molar-refractivity contribution in [1.82, 2.24) is 14.6 Å². The van der Waals surface area contributed by atoms with Crippen molar-refractivity contribution in [3.05, 3.63) is 58.5 Å². The number of hydrogen-bond acceptors (Lipinski definition) is 7. The summed E-state index contributed by atoms with van der Waals surface area (Å²) in [6, 6.07) is 7.85. The van der Waals surface area contributed by atoms with Gasteiger partial charge in [0.1, 0.15) is 12.7 Å². The molecule has 37 heavy (non-hydrogen) atoms. The van der Waals surface area contributed by atoms with E-state index in [1.54, 1.807) is 18.7 Å². The summed E-state index contributed by atoms with van der Waals surface area (Å²) in [5.41, 5.74) is 8.24. The van der Waals surface area contributed by atoms with E-state index < -0.39 is 18.0 Å². The van der Waals surface area contributed by atoms with Crippen LogP contribution in [0.1, 0.15) is 29.9 Å². The van der Waals surface area contributed by atoms with Crippen molar-refractivity contribution in [1.29, 1.82) is 0 Å². The predicted molar refractivity (Wildman–Crippen MR) is 143 cm³/mol. The largest absolute Gasteiger partial charge is 0.543 e. The lowest BCUT2D eigenvalue weighted by atomic mass is 9.77. The van der Waals surface area contributed by atoms with E-state index in [1.807, 2.05) is 42.2 Å². The maximum absolute atomic E-state index is 12.7. The van der Waals surface area contributed by atoms with Crippen molar-refractivity contribution in [3.63, 3.8) is 0 Å². The van der Waals surface area contributed by atoms with E-state index in [0.29, 0.717) is 18.7 Å². The van der Waals surface area contributed by atoms with Gasteiger partial charge in [0.15, 0.2) is 5.11 Å². The van der Waals surface area contributed by atoms with Gasteiger partial charge in [0.2, 0.25) is 15.8 Å². The summed E-state index contributed by atoms with van der Waals surface area (Å²) in [7, 11) is 0. The third-order valence-electron chi connectivity index (χ3n) is 7.07. The van der Waals surface area contributed by atoms with Crippen molar-refractivity contribution in [3.8, 4) is 0 Å². The Morgan fingerprint density at radius 3 is 2.62 bits per heavy atom. The zero-order valence-corrected chi connectivity index (χ0v) is 23.0. The maximum atomic E-state index is 12.7. The molecule has 0 saturated carbocycles. The van der Waals surface area contributed by atoms with E-state index in [2.05, 4.69) is 22.0 Å². The molecule has 4 heterocycles. The molecule has 3 aromatic rings. The highest BCUT2D eigenvalue weighted by Crippen LogP contribution is 2.51. The van der Waals surface area contributed by atoms with Gasteiger partial charge >= 0.3 is 0 Å². The first-order chi connectivity index (χ1) is 17.6. The number of thiocarbonyl (C=S) groups is 1. The molecule has 2 aliphatic rings. The zero-order chi connectivity index (χ0) is 26.6. The monoisotopic (exact) mass is 557 g/mol. The average Bonchev–Trinajstić information content (AvgIpc) is 3.45. The van der Waals surface area contributed by atoms with Crippen molar-refractivity contribution in [2.24, 2.45) is 17.6 Å². The summed E-state index contributed by atoms with van der Waals surface area (Å²) in [6.45, 7) is 4.73. The van der Waals surface area contributed by atoms with E-state index in [1.165, 1.54) is 16.2 Å². The summed E-state index contributed by atoms with van der Waals surface area (Å²) in [5.74, 6) is -2.57. The normalized spacial score (nSPS) is 21.8. The molecule has 0 bridgehead atoms. The number of carboxylic acids is 1. The number of nitrogens with one attached hydrogen (secondary N) is 1. The standard InChI is InChI=1S/C25H27N5O4S3/c1-12-17(20(24(33)34)30-19(12)18(13(2)31)21(30)32)16-10-29-11-28(22(36-3)23(29)37-16)9-15-6-4-14(5-7-15)8-27-25(26)35/h4-7,10-13,18-19,31H,8-9H2,1-3H3,(H3-,26,27,33,34,35)/t12-,13+,18+,19+/m0/s1. The maximum Gasteiger partial charge on any atom is 0.250 e. The average molecular weight is 558 g/mol. The van der Waals surface area contributed by atoms with Gasteiger partial charge in [0.25, 0.3) is 6.33 Å². The highest BCUT2D eigenvalue weighted by Gasteiger charge is 2.59. The smallest absolute Gasteiger partial charge is 0.250 e. The molecule has 194 valence electrons. The topological polar surface area (TPSA) is 127 Å². The first kappa shape index (κ1) is 25.7. The molecule has 12 heteroatoms. The molecule has 1 fully saturated rings. The van der Waals surface area contributed by atoms with Gasteiger partial charge in [0, 0.05) is 18.0 Å². The number of aliphatic hydroxyl groups excluding tert-OH is 1. The van der Waals surface area contributed by atoms with Crippen LogP contribution in [0, 0.1) is 11.8 Å². The van der Waals surface area contributed by atoms with Gasteiger partial charge in [-0.25, -0.2) is 4.57 Å². The van der Waals surface area contributed by atoms with Gasteiger partial charge in [-0.15, -0.1) is 0 Å². The molecule has 4 N–H and O–H groups in total. The van der Waals surface area contributed by atoms with E-state index >= 15 is 0 Å². The molecule has 1 amide bonds. The Labute approximate surface area is 227 Å². The molecule has 2 aromatic heterocycles. The summed E-state index contributed by atoms with van der Waals surface area (Å²) >= 11 is 7.98. The van der Waals surface area contributed by atoms with E-state index in [-0.39, 0.29) is 28.7 Å². The number of β-lactam (4-membered cyclic amide) rings is 1. The Kier molecular flexibility index (Phi) is 6.77. The van der Waals surface area contributed by atoms with Crippen LogP contribution >= 0.6 is 35.3 Å². The van der Waals surface area contributed by atoms with Crippen LogP contribution in [0.2, 0.25) is 0 Å². The predicted octanol–water partition coefficient (Wildman–Crippen LogP) is 0.710. The van der Waals surface area contributed by atoms with Crippen LogP contribution in [0.15, 0.2) is 47.5 Å². The number of hydrogen-bond donors (Lipinski definition) is 3. The molecule has 0 unspecified atom stereocenters. The van der Waals surface area contributed by atoms with Crippen molar-refractivity contribution >= 4 is 62.7 Å². The van der Waals surface area contributed by atoms with Crippen LogP contribution in [-0.4, -0.2) is 49.8 Å². The number of nitrogens with zero attached hydrogens (tertiary/aromatic N) is 3. The van der Waals surface area contributed by atoms with Crippen molar-refractivity contribution < 1.29 is 24.4 Å². The SMILES string of the molecule is CSc1c2sc(C3=C(C(=O)[O-])N4C(=O)[C@H]([C@@H](C)O)[C@H]4[C@H]3C)cn2c[n+]1Cc1ccc(CNC(N)=S)cc1. The number of aromatic nitrogens is 2. The van der Waals surface area contributed by atoms with E-state index in [4.69, 9.17) is 18.0 Å². The molecule has 0 spiro atoms. The zero-order valence-electron chi connectivity index (χ0n) is 20.5. The third-order valence-corrected chi connectivity index (χ3v) is 9.30. The minimum atomic E-state index is -1.37. The van der Waals surface area contributed by atoms with E-state index in [0.717, 1.165) is 25.9 Å². The van der Waals surface area contributed by atoms with Gasteiger partial charge in [-0.3, -0.25) is 4.79 Å². The van der Waals surface area contributed by atoms with Crippen molar-refractivity contribution in [2.45, 2.75) is 44.1 Å². The van der Waals surface area contributed by atoms with Gasteiger partial charge in [-0.05, 0) is 36.5 Å². The molecule has 1 saturated heterocycles. The Morgan fingerprint density at radius 1 is 1.35 bits per heavy atom. The Bertz CT molecular complexity index is 1440. The van der Waals surface area contributed by atoms with Gasteiger partial charge in [-0.2, -0.15) is 4.40 Å². The van der Waals surface area contributed by atoms with E-state index in [9.17, 15) is 19.8 Å². The van der Waals surface area contributed by atoms with Crippen LogP contribution in [0.4, 0.5) is 0 Å². The minimum absolute atomic E-state index is 0.0764. The molecule has 5 rings (SSSR count). The summed E-state index contributed by atoms with van der Waals surface area (Å²) in [4.78, 5) is 27.9. The minimum Gasteiger partial charge on any atom is -0.543 e. The van der Waals surface area contributed by atoms with Gasteiger partial charge in [0.05, 0.1) is 34.6 Å². The van der Waals surface area contributed by atoms with Crippen LogP contribution in [0.25, 0.3) is 10.4 Å². The summed E-state index contributed by atoms with van der Waals surface area (Å²) < 4.78 is 4.16. The second kappa shape index (κ2) is 9.75. The molecule has 0 radical (unpaired) electrons. The van der Waals surface area contributed by atoms with Crippen LogP contribution in [0.5, 0.6) is 0 Å². The van der Waals surface area contributed by atoms with Gasteiger partial charge in [-0.1, -0.05) is 54.3 Å². The molecular formula is C25H27N5O4S3. The lowest BCUT2D eigenvalue weighted by Gasteiger charge is -2.47. The lowest BCUT2D eigenvalue weighted by Crippen LogP contribution is -2.64. The first-order valence-corrected chi connectivity index (χ1v) is 14.2. The number of carboxylic acid groups (broad SMARTS) is 1. The third kappa shape index (κ3) is 4.31. The van der Waals surface area contributed by atoms with Crippen LogP contribution in [-0.2, 0) is 22.7 Å². The molecule has 0 aliphatic carbocycles. The fourth-order valence-electron chi connectivity index (χ4n) is 5.41. The second-order valence-corrected chi connectivity index (χ2v) is 11.7. The molecule has 1 aromatic carbocycles.